The molecular formula is C11H13N3O5. The van der Waals surface area contributed by atoms with E-state index in [1.54, 1.807) is 13.1 Å². The topological polar surface area (TPSA) is 113 Å². The highest BCUT2D eigenvalue weighted by Gasteiger charge is 2.17. The van der Waals surface area contributed by atoms with Gasteiger partial charge in [-0.1, -0.05) is 0 Å². The van der Waals surface area contributed by atoms with Crippen LogP contribution in [-0.4, -0.2) is 55.8 Å². The van der Waals surface area contributed by atoms with E-state index in [2.05, 4.69) is 5.10 Å². The third kappa shape index (κ3) is 4.62. The smallest absolute Gasteiger partial charge is 0.323 e. The number of hydrogen-bond acceptors (Lipinski definition) is 4. The van der Waals surface area contributed by atoms with E-state index >= 15 is 0 Å². The molecule has 1 heterocycles. The Morgan fingerprint density at radius 2 is 1.89 bits per heavy atom. The second-order valence-electron chi connectivity index (χ2n) is 3.69. The summed E-state index contributed by atoms with van der Waals surface area (Å²) in [4.78, 5) is 33.5. The molecular weight excluding hydrogens is 254 g/mol. The minimum atomic E-state index is -1.27. The van der Waals surface area contributed by atoms with E-state index < -0.39 is 30.9 Å². The molecule has 2 N–H and O–H groups in total. The van der Waals surface area contributed by atoms with E-state index in [0.717, 1.165) is 11.0 Å². The Morgan fingerprint density at radius 1 is 1.32 bits per heavy atom. The number of amides is 1. The first kappa shape index (κ1) is 14.4. The molecule has 0 radical (unpaired) electrons. The van der Waals surface area contributed by atoms with Crippen molar-refractivity contribution in [2.24, 2.45) is 7.05 Å². The SMILES string of the molecule is Cn1nccc1/C=C/C(=O)N(CC(=O)O)CC(=O)O. The molecule has 0 aliphatic rings. The zero-order chi connectivity index (χ0) is 14.4. The van der Waals surface area contributed by atoms with Crippen LogP contribution in [0.15, 0.2) is 18.3 Å². The van der Waals surface area contributed by atoms with Crippen molar-refractivity contribution < 1.29 is 24.6 Å². The Hall–Kier alpha value is -2.64. The Balaban J connectivity index is 2.76. The van der Waals surface area contributed by atoms with Crippen molar-refractivity contribution in [2.45, 2.75) is 0 Å². The Morgan fingerprint density at radius 3 is 2.32 bits per heavy atom. The highest BCUT2D eigenvalue weighted by Crippen LogP contribution is 2.01. The van der Waals surface area contributed by atoms with Gasteiger partial charge in [-0.25, -0.2) is 0 Å². The van der Waals surface area contributed by atoms with Crippen molar-refractivity contribution in [1.82, 2.24) is 14.7 Å². The number of hydrogen-bond donors (Lipinski definition) is 2. The predicted octanol–water partition coefficient (Wildman–Crippen LogP) is -0.569. The number of nitrogens with zero attached hydrogens (tertiary/aromatic N) is 3. The maximum atomic E-state index is 11.7. The van der Waals surface area contributed by atoms with E-state index in [9.17, 15) is 14.4 Å². The Labute approximate surface area is 108 Å². The maximum absolute atomic E-state index is 11.7. The van der Waals surface area contributed by atoms with Crippen LogP contribution >= 0.6 is 0 Å². The van der Waals surface area contributed by atoms with Crippen LogP contribution in [0.25, 0.3) is 6.08 Å². The third-order valence-corrected chi connectivity index (χ3v) is 2.22. The lowest BCUT2D eigenvalue weighted by Crippen LogP contribution is -2.38. The molecule has 0 atom stereocenters. The second-order valence-corrected chi connectivity index (χ2v) is 3.69. The summed E-state index contributed by atoms with van der Waals surface area (Å²) in [6, 6.07) is 1.66. The minimum Gasteiger partial charge on any atom is -0.480 e. The number of aryl methyl sites for hydroxylation is 1. The van der Waals surface area contributed by atoms with Crippen LogP contribution in [0.2, 0.25) is 0 Å². The molecule has 19 heavy (non-hydrogen) atoms. The van der Waals surface area contributed by atoms with E-state index in [-0.39, 0.29) is 0 Å². The molecule has 0 fully saturated rings. The monoisotopic (exact) mass is 267 g/mol. The van der Waals surface area contributed by atoms with Crippen LogP contribution in [0.5, 0.6) is 0 Å². The molecule has 0 unspecified atom stereocenters. The fourth-order valence-corrected chi connectivity index (χ4v) is 1.35. The highest BCUT2D eigenvalue weighted by atomic mass is 16.4. The summed E-state index contributed by atoms with van der Waals surface area (Å²) in [5.74, 6) is -3.24. The highest BCUT2D eigenvalue weighted by molar-refractivity contribution is 5.95. The van der Waals surface area contributed by atoms with Crippen molar-refractivity contribution in [3.8, 4) is 0 Å². The molecule has 0 saturated carbocycles. The van der Waals surface area contributed by atoms with Gasteiger partial charge in [0.1, 0.15) is 13.1 Å². The average molecular weight is 267 g/mol. The lowest BCUT2D eigenvalue weighted by Gasteiger charge is -2.15. The summed E-state index contributed by atoms with van der Waals surface area (Å²) in [7, 11) is 1.68. The van der Waals surface area contributed by atoms with Crippen molar-refractivity contribution >= 4 is 23.9 Å². The molecule has 1 rings (SSSR count). The van der Waals surface area contributed by atoms with Gasteiger partial charge >= 0.3 is 11.9 Å². The van der Waals surface area contributed by atoms with Crippen LogP contribution in [-0.2, 0) is 21.4 Å². The largest absolute Gasteiger partial charge is 0.480 e. The molecule has 1 amide bonds. The number of rotatable bonds is 6. The Bertz CT molecular complexity index is 504. The first-order valence-corrected chi connectivity index (χ1v) is 5.28. The fraction of sp³-hybridized carbons (Fsp3) is 0.273. The van der Waals surface area contributed by atoms with E-state index in [4.69, 9.17) is 10.2 Å². The first-order chi connectivity index (χ1) is 8.90. The van der Waals surface area contributed by atoms with Gasteiger partial charge in [0.2, 0.25) is 5.91 Å². The second kappa shape index (κ2) is 6.34. The van der Waals surface area contributed by atoms with Gasteiger partial charge in [-0.15, -0.1) is 0 Å². The van der Waals surface area contributed by atoms with Crippen LogP contribution in [0, 0.1) is 0 Å². The van der Waals surface area contributed by atoms with Gasteiger partial charge in [0.15, 0.2) is 0 Å². The molecule has 0 aromatic carbocycles. The fourth-order valence-electron chi connectivity index (χ4n) is 1.35. The molecule has 0 aliphatic carbocycles. The molecule has 0 saturated heterocycles. The quantitative estimate of drug-likeness (QED) is 0.667. The van der Waals surface area contributed by atoms with E-state index in [1.807, 2.05) is 0 Å². The van der Waals surface area contributed by atoms with Crippen LogP contribution in [0.3, 0.4) is 0 Å². The molecule has 0 bridgehead atoms. The van der Waals surface area contributed by atoms with Crippen LogP contribution < -0.4 is 0 Å². The maximum Gasteiger partial charge on any atom is 0.323 e. The number of carboxylic acids is 2. The van der Waals surface area contributed by atoms with Crippen molar-refractivity contribution in [3.63, 3.8) is 0 Å². The standard InChI is InChI=1S/C11H13N3O5/c1-13-8(4-5-12-13)2-3-9(15)14(6-10(16)17)7-11(18)19/h2-5H,6-7H2,1H3,(H,16,17)(H,18,19)/b3-2+. The zero-order valence-corrected chi connectivity index (χ0v) is 10.2. The number of aliphatic carboxylic acids is 2. The third-order valence-electron chi connectivity index (χ3n) is 2.22. The number of carbonyl (C=O) groups excluding carboxylic acids is 1. The van der Waals surface area contributed by atoms with Gasteiger partial charge in [-0.2, -0.15) is 5.10 Å². The van der Waals surface area contributed by atoms with Gasteiger partial charge < -0.3 is 15.1 Å². The van der Waals surface area contributed by atoms with Gasteiger partial charge in [0, 0.05) is 19.3 Å². The summed E-state index contributed by atoms with van der Waals surface area (Å²) in [5, 5.41) is 21.1. The number of carbonyl (C=O) groups is 3. The summed E-state index contributed by atoms with van der Waals surface area (Å²) in [6.07, 6.45) is 4.09. The van der Waals surface area contributed by atoms with Gasteiger partial charge in [0.05, 0.1) is 5.69 Å². The number of carboxylic acid groups (broad SMARTS) is 2. The summed E-state index contributed by atoms with van der Waals surface area (Å²) in [5.41, 5.74) is 0.638. The average Bonchev–Trinajstić information content (AvgIpc) is 2.69. The van der Waals surface area contributed by atoms with Gasteiger partial charge in [-0.3, -0.25) is 19.1 Å². The molecule has 0 aliphatic heterocycles. The normalized spacial score (nSPS) is 10.6. The van der Waals surface area contributed by atoms with Crippen molar-refractivity contribution in [3.05, 3.63) is 24.0 Å². The van der Waals surface area contributed by atoms with Crippen LogP contribution in [0.4, 0.5) is 0 Å². The van der Waals surface area contributed by atoms with Crippen LogP contribution in [0.1, 0.15) is 5.69 Å². The first-order valence-electron chi connectivity index (χ1n) is 5.28. The molecule has 1 aromatic rings. The summed E-state index contributed by atoms with van der Waals surface area (Å²) >= 11 is 0. The summed E-state index contributed by atoms with van der Waals surface area (Å²) in [6.45, 7) is -1.33. The van der Waals surface area contributed by atoms with Gasteiger partial charge in [0.25, 0.3) is 0 Å². The molecule has 1 aromatic heterocycles. The molecule has 8 nitrogen and oxygen atoms in total. The Kier molecular flexibility index (Phi) is 4.81. The predicted molar refractivity (Wildman–Crippen MR) is 64.1 cm³/mol. The lowest BCUT2D eigenvalue weighted by molar-refractivity contribution is -0.147. The van der Waals surface area contributed by atoms with E-state index in [0.29, 0.717) is 5.69 Å². The van der Waals surface area contributed by atoms with E-state index in [1.165, 1.54) is 17.0 Å². The molecule has 0 spiro atoms. The van der Waals surface area contributed by atoms with Crippen molar-refractivity contribution in [2.75, 3.05) is 13.1 Å². The number of aromatic nitrogens is 2. The lowest BCUT2D eigenvalue weighted by atomic mass is 10.3. The van der Waals surface area contributed by atoms with Crippen molar-refractivity contribution in [1.29, 1.82) is 0 Å². The van der Waals surface area contributed by atoms with Gasteiger partial charge in [-0.05, 0) is 12.1 Å². The molecule has 102 valence electrons. The minimum absolute atomic E-state index is 0.638. The summed E-state index contributed by atoms with van der Waals surface area (Å²) < 4.78 is 1.52. The molecule has 8 heteroatoms. The zero-order valence-electron chi connectivity index (χ0n) is 10.2.